The summed E-state index contributed by atoms with van der Waals surface area (Å²) in [7, 11) is 1.33. The third-order valence-corrected chi connectivity index (χ3v) is 6.80. The SMILES string of the molecule is CCc1c2c(nc3ccc(C=CC(=O)OC)cc13)-c1cc3c(c(=O)n1C2)COC(=O)[C@]3(O)CC. The van der Waals surface area contributed by atoms with Gasteiger partial charge in [-0.1, -0.05) is 19.9 Å². The maximum Gasteiger partial charge on any atom is 0.343 e. The predicted octanol–water partition coefficient (Wildman–Crippen LogP) is 2.83. The summed E-state index contributed by atoms with van der Waals surface area (Å²) in [6.45, 7) is 3.93. The Morgan fingerprint density at radius 1 is 1.26 bits per heavy atom. The van der Waals surface area contributed by atoms with E-state index in [-0.39, 0.29) is 18.6 Å². The number of aromatic nitrogens is 2. The molecule has 1 aromatic carbocycles. The smallest absolute Gasteiger partial charge is 0.343 e. The van der Waals surface area contributed by atoms with Gasteiger partial charge < -0.3 is 19.1 Å². The molecule has 2 aromatic heterocycles. The standard InChI is InChI=1S/C26H24N2O6/c1-4-15-16-10-14(7-9-22(29)33-3)6-8-20(16)27-23-17(15)12-28-21(23)11-19-18(24(28)30)13-34-25(31)26(19,32)5-2/h6-11,32H,4-5,12-13H2,1-3H3/t26-/m0/s1. The highest BCUT2D eigenvalue weighted by Crippen LogP contribution is 2.40. The number of hydrogen-bond acceptors (Lipinski definition) is 7. The van der Waals surface area contributed by atoms with Gasteiger partial charge in [-0.2, -0.15) is 0 Å². The van der Waals surface area contributed by atoms with E-state index in [4.69, 9.17) is 9.72 Å². The topological polar surface area (TPSA) is 108 Å². The van der Waals surface area contributed by atoms with E-state index in [0.717, 1.165) is 27.6 Å². The molecular weight excluding hydrogens is 436 g/mol. The molecule has 2 aliphatic heterocycles. The van der Waals surface area contributed by atoms with Gasteiger partial charge in [0.25, 0.3) is 5.56 Å². The number of ether oxygens (including phenoxy) is 2. The molecule has 3 aromatic rings. The van der Waals surface area contributed by atoms with Gasteiger partial charge in [0, 0.05) is 22.6 Å². The minimum absolute atomic E-state index is 0.0990. The monoisotopic (exact) mass is 460 g/mol. The fourth-order valence-electron chi connectivity index (χ4n) is 4.92. The summed E-state index contributed by atoms with van der Waals surface area (Å²) in [4.78, 5) is 42.1. The number of carbonyl (C=O) groups excluding carboxylic acids is 2. The number of cyclic esters (lactones) is 1. The van der Waals surface area contributed by atoms with Gasteiger partial charge in [-0.25, -0.2) is 14.6 Å². The molecule has 1 atom stereocenters. The molecule has 0 radical (unpaired) electrons. The average Bonchev–Trinajstić information content (AvgIpc) is 3.22. The lowest BCUT2D eigenvalue weighted by Crippen LogP contribution is -2.44. The van der Waals surface area contributed by atoms with Gasteiger partial charge in [-0.15, -0.1) is 0 Å². The Kier molecular flexibility index (Phi) is 5.13. The van der Waals surface area contributed by atoms with Crippen LogP contribution in [0.15, 0.2) is 35.1 Å². The largest absolute Gasteiger partial charge is 0.466 e. The van der Waals surface area contributed by atoms with E-state index in [1.165, 1.54) is 13.2 Å². The lowest BCUT2D eigenvalue weighted by molar-refractivity contribution is -0.172. The molecule has 0 fully saturated rings. The highest BCUT2D eigenvalue weighted by molar-refractivity contribution is 5.92. The quantitative estimate of drug-likeness (QED) is 0.369. The fraction of sp³-hybridized carbons (Fsp3) is 0.308. The van der Waals surface area contributed by atoms with Crippen LogP contribution in [0.2, 0.25) is 0 Å². The molecule has 2 aliphatic rings. The lowest BCUT2D eigenvalue weighted by atomic mass is 9.86. The summed E-state index contributed by atoms with van der Waals surface area (Å²) in [5.74, 6) is -1.17. The number of hydrogen-bond donors (Lipinski definition) is 1. The molecule has 0 spiro atoms. The van der Waals surface area contributed by atoms with Crippen molar-refractivity contribution in [1.29, 1.82) is 0 Å². The van der Waals surface area contributed by atoms with Crippen LogP contribution >= 0.6 is 0 Å². The Morgan fingerprint density at radius 3 is 2.76 bits per heavy atom. The number of fused-ring (bicyclic) bond motifs is 5. The maximum absolute atomic E-state index is 13.4. The number of rotatable bonds is 4. The minimum atomic E-state index is -1.85. The van der Waals surface area contributed by atoms with Crippen molar-refractivity contribution in [2.45, 2.75) is 45.4 Å². The molecule has 0 saturated heterocycles. The minimum Gasteiger partial charge on any atom is -0.466 e. The molecule has 5 rings (SSSR count). The molecule has 8 heteroatoms. The van der Waals surface area contributed by atoms with Gasteiger partial charge in [-0.3, -0.25) is 4.79 Å². The normalized spacial score (nSPS) is 18.5. The summed E-state index contributed by atoms with van der Waals surface area (Å²) < 4.78 is 11.4. The van der Waals surface area contributed by atoms with E-state index in [0.29, 0.717) is 35.5 Å². The Morgan fingerprint density at radius 2 is 2.06 bits per heavy atom. The number of methoxy groups -OCH3 is 1. The predicted molar refractivity (Wildman–Crippen MR) is 125 cm³/mol. The summed E-state index contributed by atoms with van der Waals surface area (Å²) in [5.41, 5.74) is 3.34. The summed E-state index contributed by atoms with van der Waals surface area (Å²) in [5, 5.41) is 12.0. The molecule has 174 valence electrons. The summed E-state index contributed by atoms with van der Waals surface area (Å²) in [6, 6.07) is 7.43. The van der Waals surface area contributed by atoms with Crippen LogP contribution in [0.5, 0.6) is 0 Å². The number of aryl methyl sites for hydroxylation is 1. The van der Waals surface area contributed by atoms with E-state index in [9.17, 15) is 19.5 Å². The maximum atomic E-state index is 13.4. The van der Waals surface area contributed by atoms with Gasteiger partial charge in [-0.05, 0) is 48.2 Å². The van der Waals surface area contributed by atoms with Crippen LogP contribution in [0, 0.1) is 0 Å². The van der Waals surface area contributed by atoms with Gasteiger partial charge in [0.1, 0.15) is 6.61 Å². The van der Waals surface area contributed by atoms with Crippen molar-refractivity contribution in [3.8, 4) is 11.4 Å². The fourth-order valence-corrected chi connectivity index (χ4v) is 4.92. The number of esters is 2. The second-order valence-corrected chi connectivity index (χ2v) is 8.51. The first-order valence-electron chi connectivity index (χ1n) is 11.2. The van der Waals surface area contributed by atoms with Crippen LogP contribution < -0.4 is 5.56 Å². The van der Waals surface area contributed by atoms with Crippen molar-refractivity contribution in [2.24, 2.45) is 0 Å². The molecule has 1 N–H and O–H groups in total. The number of carbonyl (C=O) groups is 2. The van der Waals surface area contributed by atoms with E-state index in [1.54, 1.807) is 23.6 Å². The number of pyridine rings is 2. The Balaban J connectivity index is 1.71. The third kappa shape index (κ3) is 3.09. The van der Waals surface area contributed by atoms with Gasteiger partial charge >= 0.3 is 11.9 Å². The molecule has 0 unspecified atom stereocenters. The molecule has 0 aliphatic carbocycles. The van der Waals surface area contributed by atoms with Crippen molar-refractivity contribution in [3.05, 3.63) is 68.5 Å². The zero-order valence-corrected chi connectivity index (χ0v) is 19.2. The van der Waals surface area contributed by atoms with Crippen molar-refractivity contribution < 1.29 is 24.2 Å². The molecule has 4 heterocycles. The second kappa shape index (κ2) is 7.92. The number of aliphatic hydroxyl groups is 1. The van der Waals surface area contributed by atoms with Crippen molar-refractivity contribution >= 4 is 28.9 Å². The first kappa shape index (κ1) is 22.0. The highest BCUT2D eigenvalue weighted by Gasteiger charge is 2.45. The zero-order valence-electron chi connectivity index (χ0n) is 19.2. The Hall–Kier alpha value is -3.78. The second-order valence-electron chi connectivity index (χ2n) is 8.51. The van der Waals surface area contributed by atoms with Gasteiger partial charge in [0.15, 0.2) is 5.60 Å². The lowest BCUT2D eigenvalue weighted by Gasteiger charge is -2.31. The van der Waals surface area contributed by atoms with E-state index >= 15 is 0 Å². The van der Waals surface area contributed by atoms with Crippen LogP contribution in [0.4, 0.5) is 0 Å². The molecule has 0 amide bonds. The summed E-state index contributed by atoms with van der Waals surface area (Å²) >= 11 is 0. The number of benzene rings is 1. The molecule has 0 saturated carbocycles. The van der Waals surface area contributed by atoms with Crippen LogP contribution in [-0.2, 0) is 44.2 Å². The van der Waals surface area contributed by atoms with Gasteiger partial charge in [0.2, 0.25) is 0 Å². The summed E-state index contributed by atoms with van der Waals surface area (Å²) in [6.07, 6.45) is 3.87. The number of nitrogens with zero attached hydrogens (tertiary/aromatic N) is 2. The van der Waals surface area contributed by atoms with E-state index in [2.05, 4.69) is 4.74 Å². The van der Waals surface area contributed by atoms with Crippen molar-refractivity contribution in [1.82, 2.24) is 9.55 Å². The first-order valence-corrected chi connectivity index (χ1v) is 11.2. The van der Waals surface area contributed by atoms with E-state index < -0.39 is 17.5 Å². The zero-order chi connectivity index (χ0) is 24.2. The molecule has 0 bridgehead atoms. The Bertz CT molecular complexity index is 1470. The van der Waals surface area contributed by atoms with Gasteiger partial charge in [0.05, 0.1) is 36.1 Å². The van der Waals surface area contributed by atoms with Crippen LogP contribution in [0.25, 0.3) is 28.4 Å². The third-order valence-electron chi connectivity index (χ3n) is 6.80. The van der Waals surface area contributed by atoms with Crippen molar-refractivity contribution in [2.75, 3.05) is 7.11 Å². The average molecular weight is 460 g/mol. The molecule has 34 heavy (non-hydrogen) atoms. The van der Waals surface area contributed by atoms with Crippen LogP contribution in [0.3, 0.4) is 0 Å². The van der Waals surface area contributed by atoms with Crippen LogP contribution in [0.1, 0.15) is 48.1 Å². The van der Waals surface area contributed by atoms with Crippen molar-refractivity contribution in [3.63, 3.8) is 0 Å². The van der Waals surface area contributed by atoms with E-state index in [1.807, 2.05) is 25.1 Å². The first-order chi connectivity index (χ1) is 16.3. The van der Waals surface area contributed by atoms with Crippen LogP contribution in [-0.4, -0.2) is 33.7 Å². The Labute approximate surface area is 195 Å². The molecule has 8 nitrogen and oxygen atoms in total. The molecular formula is C26H24N2O6. The highest BCUT2D eigenvalue weighted by atomic mass is 16.6.